The molecule has 0 spiro atoms. The number of rotatable bonds is 2. The van der Waals surface area contributed by atoms with E-state index in [4.69, 9.17) is 17.3 Å². The zero-order valence-corrected chi connectivity index (χ0v) is 12.8. The summed E-state index contributed by atoms with van der Waals surface area (Å²) in [6.45, 7) is 0. The van der Waals surface area contributed by atoms with Gasteiger partial charge in [-0.05, 0) is 40.8 Å². The van der Waals surface area contributed by atoms with Crippen LogP contribution in [0.4, 0.5) is 10.1 Å². The number of benzene rings is 2. The minimum absolute atomic E-state index is 0.206. The number of tetrazole rings is 1. The number of anilines is 1. The van der Waals surface area contributed by atoms with Crippen molar-refractivity contribution in [2.24, 2.45) is 0 Å². The molecule has 2 N–H and O–H groups in total. The number of halogens is 3. The molecule has 3 rings (SSSR count). The van der Waals surface area contributed by atoms with Gasteiger partial charge < -0.3 is 5.73 Å². The van der Waals surface area contributed by atoms with Gasteiger partial charge in [0.1, 0.15) is 11.5 Å². The van der Waals surface area contributed by atoms with E-state index in [1.165, 1.54) is 10.7 Å². The summed E-state index contributed by atoms with van der Waals surface area (Å²) >= 11 is 9.36. The van der Waals surface area contributed by atoms with Crippen LogP contribution in [-0.4, -0.2) is 20.2 Å². The Balaban J connectivity index is 2.22. The van der Waals surface area contributed by atoms with Crippen molar-refractivity contribution < 1.29 is 4.39 Å². The predicted octanol–water partition coefficient (Wildman–Crippen LogP) is 3.47. The number of nitrogens with zero attached hydrogens (tertiary/aromatic N) is 4. The van der Waals surface area contributed by atoms with Gasteiger partial charge in [-0.2, -0.15) is 4.68 Å². The van der Waals surface area contributed by atoms with Gasteiger partial charge in [-0.1, -0.05) is 33.6 Å². The largest absolute Gasteiger partial charge is 0.398 e. The maximum absolute atomic E-state index is 14.1. The minimum atomic E-state index is -0.469. The van der Waals surface area contributed by atoms with Crippen LogP contribution in [0.2, 0.25) is 5.02 Å². The fourth-order valence-corrected chi connectivity index (χ4v) is 2.53. The molecular weight excluding hydrogens is 361 g/mol. The van der Waals surface area contributed by atoms with Crippen LogP contribution in [-0.2, 0) is 0 Å². The average Bonchev–Trinajstić information content (AvgIpc) is 2.87. The molecule has 0 amide bonds. The first-order chi connectivity index (χ1) is 10.1. The van der Waals surface area contributed by atoms with Crippen molar-refractivity contribution >= 4 is 33.2 Å². The quantitative estimate of drug-likeness (QED) is 0.703. The second kappa shape index (κ2) is 5.42. The Labute approximate surface area is 132 Å². The molecule has 0 saturated heterocycles. The van der Waals surface area contributed by atoms with Crippen LogP contribution in [0.3, 0.4) is 0 Å². The smallest absolute Gasteiger partial charge is 0.190 e. The lowest BCUT2D eigenvalue weighted by Crippen LogP contribution is -2.04. The summed E-state index contributed by atoms with van der Waals surface area (Å²) in [4.78, 5) is 0. The van der Waals surface area contributed by atoms with E-state index in [0.29, 0.717) is 20.7 Å². The monoisotopic (exact) mass is 367 g/mol. The second-order valence-corrected chi connectivity index (χ2v) is 5.54. The lowest BCUT2D eigenvalue weighted by atomic mass is 10.1. The molecule has 2 aromatic carbocycles. The van der Waals surface area contributed by atoms with E-state index in [9.17, 15) is 4.39 Å². The number of nitrogen functional groups attached to an aromatic ring is 1. The van der Waals surface area contributed by atoms with Crippen molar-refractivity contribution in [2.45, 2.75) is 0 Å². The molecule has 0 fully saturated rings. The van der Waals surface area contributed by atoms with Crippen LogP contribution in [0, 0.1) is 5.82 Å². The van der Waals surface area contributed by atoms with E-state index >= 15 is 0 Å². The van der Waals surface area contributed by atoms with Crippen molar-refractivity contribution in [1.82, 2.24) is 20.2 Å². The van der Waals surface area contributed by atoms with Crippen molar-refractivity contribution in [2.75, 3.05) is 5.73 Å². The van der Waals surface area contributed by atoms with E-state index in [2.05, 4.69) is 31.5 Å². The summed E-state index contributed by atoms with van der Waals surface area (Å²) in [5, 5.41) is 11.7. The molecule has 0 aliphatic heterocycles. The van der Waals surface area contributed by atoms with Crippen molar-refractivity contribution in [3.8, 4) is 17.1 Å². The molecule has 21 heavy (non-hydrogen) atoms. The summed E-state index contributed by atoms with van der Waals surface area (Å²) < 4.78 is 16.0. The summed E-state index contributed by atoms with van der Waals surface area (Å²) in [5.74, 6) is -0.192. The van der Waals surface area contributed by atoms with Gasteiger partial charge in [-0.3, -0.25) is 0 Å². The Morgan fingerprint density at radius 1 is 1.24 bits per heavy atom. The normalized spacial score (nSPS) is 10.8. The maximum atomic E-state index is 14.1. The van der Waals surface area contributed by atoms with E-state index in [-0.39, 0.29) is 11.5 Å². The van der Waals surface area contributed by atoms with E-state index < -0.39 is 5.82 Å². The molecule has 0 radical (unpaired) electrons. The Morgan fingerprint density at radius 3 is 2.76 bits per heavy atom. The van der Waals surface area contributed by atoms with E-state index in [0.717, 1.165) is 0 Å². The van der Waals surface area contributed by atoms with Gasteiger partial charge in [-0.15, -0.1) is 5.10 Å². The topological polar surface area (TPSA) is 69.6 Å². The number of hydrogen-bond acceptors (Lipinski definition) is 4. The summed E-state index contributed by atoms with van der Waals surface area (Å²) in [7, 11) is 0. The highest BCUT2D eigenvalue weighted by Crippen LogP contribution is 2.33. The molecule has 0 saturated carbocycles. The van der Waals surface area contributed by atoms with Gasteiger partial charge in [-0.25, -0.2) is 4.39 Å². The van der Waals surface area contributed by atoms with Gasteiger partial charge >= 0.3 is 0 Å². The fraction of sp³-hybridized carbons (Fsp3) is 0. The average molecular weight is 369 g/mol. The number of aromatic nitrogens is 4. The van der Waals surface area contributed by atoms with Gasteiger partial charge in [0.05, 0.1) is 10.6 Å². The van der Waals surface area contributed by atoms with Crippen LogP contribution in [0.15, 0.2) is 40.9 Å². The van der Waals surface area contributed by atoms with Crippen LogP contribution < -0.4 is 5.73 Å². The molecular formula is C13H8BrClFN5. The third kappa shape index (κ3) is 2.50. The highest BCUT2D eigenvalue weighted by atomic mass is 79.9. The lowest BCUT2D eigenvalue weighted by molar-refractivity contribution is 0.607. The molecule has 1 heterocycles. The Morgan fingerprint density at radius 2 is 2.05 bits per heavy atom. The van der Waals surface area contributed by atoms with Gasteiger partial charge in [0.2, 0.25) is 0 Å². The molecule has 106 valence electrons. The van der Waals surface area contributed by atoms with Crippen molar-refractivity contribution in [1.29, 1.82) is 0 Å². The van der Waals surface area contributed by atoms with Gasteiger partial charge in [0.15, 0.2) is 5.82 Å². The molecule has 8 heteroatoms. The summed E-state index contributed by atoms with van der Waals surface area (Å²) in [5.41, 5.74) is 7.01. The Bertz CT molecular complexity index is 800. The van der Waals surface area contributed by atoms with Crippen LogP contribution >= 0.6 is 27.5 Å². The van der Waals surface area contributed by atoms with Crippen molar-refractivity contribution in [3.05, 3.63) is 51.7 Å². The zero-order valence-electron chi connectivity index (χ0n) is 10.5. The minimum Gasteiger partial charge on any atom is -0.398 e. The summed E-state index contributed by atoms with van der Waals surface area (Å²) in [6.07, 6.45) is 0. The first kappa shape index (κ1) is 14.0. The van der Waals surface area contributed by atoms with E-state index in [1.807, 2.05) is 0 Å². The molecule has 0 bridgehead atoms. The van der Waals surface area contributed by atoms with Crippen molar-refractivity contribution in [3.63, 3.8) is 0 Å². The molecule has 3 aromatic rings. The fourth-order valence-electron chi connectivity index (χ4n) is 1.94. The molecule has 0 aliphatic rings. The van der Waals surface area contributed by atoms with Gasteiger partial charge in [0.25, 0.3) is 0 Å². The first-order valence-corrected chi connectivity index (χ1v) is 7.03. The summed E-state index contributed by atoms with van der Waals surface area (Å²) in [6, 6.07) is 9.65. The SMILES string of the molecule is Nc1cccc(Cl)c1-c1nnnn1-c1ccc(Br)cc1F. The third-order valence-corrected chi connectivity index (χ3v) is 3.69. The number of hydrogen-bond donors (Lipinski definition) is 1. The highest BCUT2D eigenvalue weighted by molar-refractivity contribution is 9.10. The first-order valence-electron chi connectivity index (χ1n) is 5.86. The molecule has 5 nitrogen and oxygen atoms in total. The number of nitrogens with two attached hydrogens (primary N) is 1. The standard InChI is InChI=1S/C13H8BrClFN5/c14-7-4-5-11(9(16)6-7)21-13(18-19-20-21)12-8(15)2-1-3-10(12)17/h1-6H,17H2. The predicted molar refractivity (Wildman–Crippen MR) is 81.7 cm³/mol. The molecule has 0 aliphatic carbocycles. The Hall–Kier alpha value is -1.99. The lowest BCUT2D eigenvalue weighted by Gasteiger charge is -2.09. The molecule has 1 aromatic heterocycles. The van der Waals surface area contributed by atoms with E-state index in [1.54, 1.807) is 30.3 Å². The van der Waals surface area contributed by atoms with Crippen LogP contribution in [0.1, 0.15) is 0 Å². The second-order valence-electron chi connectivity index (χ2n) is 4.21. The maximum Gasteiger partial charge on any atom is 0.190 e. The van der Waals surface area contributed by atoms with Crippen LogP contribution in [0.25, 0.3) is 17.1 Å². The van der Waals surface area contributed by atoms with Crippen LogP contribution in [0.5, 0.6) is 0 Å². The zero-order chi connectivity index (χ0) is 15.0. The third-order valence-electron chi connectivity index (χ3n) is 2.88. The molecule has 0 unspecified atom stereocenters. The van der Waals surface area contributed by atoms with Gasteiger partial charge in [0, 0.05) is 10.2 Å². The molecule has 0 atom stereocenters. The highest BCUT2D eigenvalue weighted by Gasteiger charge is 2.18. The Kier molecular flexibility index (Phi) is 3.60.